The lowest BCUT2D eigenvalue weighted by Crippen LogP contribution is -2.46. The molecule has 0 spiro atoms. The van der Waals surface area contributed by atoms with Gasteiger partial charge in [-0.05, 0) is 52.3 Å². The maximum Gasteiger partial charge on any atom is 0.0965 e. The topological polar surface area (TPSA) is 17.8 Å². The van der Waals surface area contributed by atoms with Gasteiger partial charge in [0.1, 0.15) is 0 Å². The summed E-state index contributed by atoms with van der Waals surface area (Å²) < 4.78 is 2.20. The molecule has 0 aliphatic heterocycles. The lowest BCUT2D eigenvalue weighted by molar-refractivity contribution is 0.596. The molecule has 5 aromatic carbocycles. The molecule has 41 heavy (non-hydrogen) atoms. The van der Waals surface area contributed by atoms with Crippen molar-refractivity contribution in [2.75, 3.05) is 0 Å². The first kappa shape index (κ1) is 28.7. The van der Waals surface area contributed by atoms with Crippen LogP contribution in [0, 0.1) is 0 Å². The third-order valence-electron chi connectivity index (χ3n) is 7.17. The highest BCUT2D eigenvalue weighted by Gasteiger charge is 2.37. The van der Waals surface area contributed by atoms with Crippen molar-refractivity contribution in [1.29, 1.82) is 0 Å². The lowest BCUT2D eigenvalue weighted by atomic mass is 9.76. The Morgan fingerprint density at radius 3 is 1.56 bits per heavy atom. The van der Waals surface area contributed by atoms with E-state index in [1.807, 2.05) is 79.4 Å². The van der Waals surface area contributed by atoms with Gasteiger partial charge in [0.2, 0.25) is 0 Å². The zero-order valence-electron chi connectivity index (χ0n) is 22.5. The smallest absolute Gasteiger partial charge is 0.0965 e. The standard InChI is InChI=1S/C22H18Cl2N2Si.C13H11B/c23-19-8-4-6-17(14-19)22(26-13-12-25-16-26,18-7-5-9-20(24)15-18)27-21-10-2-1-3-11-21;14-13(11-7-3-1-4-8-11)12-9-5-2-6-10-12/h1-16H,27H2;1-10,13H. The molecule has 0 amide bonds. The van der Waals surface area contributed by atoms with E-state index in [0.717, 1.165) is 32.3 Å². The summed E-state index contributed by atoms with van der Waals surface area (Å²) >= 11 is 12.8. The molecule has 0 atom stereocenters. The number of rotatable bonds is 7. The fraction of sp³-hybridized carbons (Fsp3) is 0.0571. The second-order valence-electron chi connectivity index (χ2n) is 9.81. The molecule has 1 heterocycles. The Bertz CT molecular complexity index is 1560. The van der Waals surface area contributed by atoms with Gasteiger partial charge < -0.3 is 4.57 Å². The molecular formula is C35H29BCl2N2Si. The van der Waals surface area contributed by atoms with Crippen LogP contribution in [0.4, 0.5) is 0 Å². The van der Waals surface area contributed by atoms with Gasteiger partial charge in [-0.2, -0.15) is 0 Å². The molecule has 0 saturated carbocycles. The van der Waals surface area contributed by atoms with Crippen LogP contribution in [0.2, 0.25) is 10.0 Å². The van der Waals surface area contributed by atoms with E-state index in [0.29, 0.717) is 0 Å². The lowest BCUT2D eigenvalue weighted by Gasteiger charge is -2.37. The van der Waals surface area contributed by atoms with Gasteiger partial charge in [0.25, 0.3) is 0 Å². The van der Waals surface area contributed by atoms with Crippen molar-refractivity contribution in [2.24, 2.45) is 0 Å². The van der Waals surface area contributed by atoms with E-state index in [1.165, 1.54) is 5.19 Å². The Balaban J connectivity index is 0.000000202. The number of nitrogens with zero attached hydrogens (tertiary/aromatic N) is 2. The molecule has 6 aromatic rings. The van der Waals surface area contributed by atoms with Gasteiger partial charge in [-0.3, -0.25) is 0 Å². The molecule has 6 rings (SSSR count). The molecule has 2 radical (unpaired) electrons. The minimum atomic E-state index is -0.896. The van der Waals surface area contributed by atoms with E-state index >= 15 is 0 Å². The number of imidazole rings is 1. The van der Waals surface area contributed by atoms with Gasteiger partial charge in [0.05, 0.1) is 28.9 Å². The van der Waals surface area contributed by atoms with Crippen LogP contribution in [0.1, 0.15) is 28.1 Å². The van der Waals surface area contributed by atoms with Crippen LogP contribution in [0.15, 0.2) is 158 Å². The van der Waals surface area contributed by atoms with Crippen LogP contribution in [0.25, 0.3) is 0 Å². The fourth-order valence-corrected chi connectivity index (χ4v) is 7.84. The quantitative estimate of drug-likeness (QED) is 0.178. The monoisotopic (exact) mass is 586 g/mol. The van der Waals surface area contributed by atoms with Gasteiger partial charge >= 0.3 is 0 Å². The summed E-state index contributed by atoms with van der Waals surface area (Å²) in [4.78, 5) is 4.34. The van der Waals surface area contributed by atoms with Crippen molar-refractivity contribution >= 4 is 45.8 Å². The summed E-state index contributed by atoms with van der Waals surface area (Å²) in [6.07, 6.45) is 5.73. The average Bonchev–Trinajstić information content (AvgIpc) is 3.57. The highest BCUT2D eigenvalue weighted by atomic mass is 35.5. The summed E-state index contributed by atoms with van der Waals surface area (Å²) in [7, 11) is 5.22. The van der Waals surface area contributed by atoms with E-state index < -0.39 is 9.52 Å². The van der Waals surface area contributed by atoms with Crippen molar-refractivity contribution in [3.63, 3.8) is 0 Å². The fourth-order valence-electron chi connectivity index (χ4n) is 5.14. The third kappa shape index (κ3) is 6.91. The first-order valence-corrected chi connectivity index (χ1v) is 15.6. The predicted octanol–water partition coefficient (Wildman–Crippen LogP) is 7.38. The highest BCUT2D eigenvalue weighted by Crippen LogP contribution is 2.35. The second-order valence-corrected chi connectivity index (χ2v) is 12.9. The Hall–Kier alpha value is -3.83. The molecule has 0 N–H and O–H groups in total. The largest absolute Gasteiger partial charge is 0.326 e. The summed E-state index contributed by atoms with van der Waals surface area (Å²) in [6.45, 7) is 0. The molecule has 0 aliphatic carbocycles. The minimum absolute atomic E-state index is 0.0163. The number of halogens is 2. The van der Waals surface area contributed by atoms with Crippen molar-refractivity contribution < 1.29 is 0 Å². The van der Waals surface area contributed by atoms with Gasteiger partial charge in [-0.1, -0.05) is 144 Å². The second kappa shape index (κ2) is 13.7. The van der Waals surface area contributed by atoms with Crippen molar-refractivity contribution in [3.05, 3.63) is 191 Å². The van der Waals surface area contributed by atoms with Crippen molar-refractivity contribution in [2.45, 2.75) is 11.0 Å². The molecule has 0 fully saturated rings. The van der Waals surface area contributed by atoms with E-state index in [4.69, 9.17) is 31.0 Å². The van der Waals surface area contributed by atoms with Crippen LogP contribution in [-0.2, 0) is 5.16 Å². The van der Waals surface area contributed by atoms with E-state index in [9.17, 15) is 0 Å². The van der Waals surface area contributed by atoms with Gasteiger partial charge in [-0.25, -0.2) is 4.98 Å². The van der Waals surface area contributed by atoms with E-state index in [-0.39, 0.29) is 11.0 Å². The SMILES string of the molecule is Clc1cccc(C([SiH2]c2ccccc2)(c2cccc(Cl)c2)n2ccnc2)c1.[B]C(c1ccccc1)c1ccccc1. The average molecular weight is 587 g/mol. The third-order valence-corrected chi connectivity index (χ3v) is 10.2. The van der Waals surface area contributed by atoms with Crippen LogP contribution >= 0.6 is 23.2 Å². The zero-order valence-corrected chi connectivity index (χ0v) is 25.4. The van der Waals surface area contributed by atoms with Crippen LogP contribution in [0.3, 0.4) is 0 Å². The van der Waals surface area contributed by atoms with Gasteiger partial charge in [0, 0.05) is 22.4 Å². The van der Waals surface area contributed by atoms with Gasteiger partial charge in [0.15, 0.2) is 0 Å². The minimum Gasteiger partial charge on any atom is -0.326 e. The molecule has 200 valence electrons. The van der Waals surface area contributed by atoms with Crippen molar-refractivity contribution in [1.82, 2.24) is 9.55 Å². The number of benzene rings is 5. The Kier molecular flexibility index (Phi) is 9.58. The molecule has 0 aliphatic rings. The molecule has 2 nitrogen and oxygen atoms in total. The summed E-state index contributed by atoms with van der Waals surface area (Å²) in [5.74, 6) is -0.0163. The molecule has 0 saturated heterocycles. The molecule has 6 heteroatoms. The Morgan fingerprint density at radius 1 is 0.634 bits per heavy atom. The van der Waals surface area contributed by atoms with Crippen LogP contribution in [-0.4, -0.2) is 26.9 Å². The maximum absolute atomic E-state index is 6.40. The number of hydrogen-bond donors (Lipinski definition) is 0. The van der Waals surface area contributed by atoms with E-state index in [2.05, 4.69) is 88.4 Å². The predicted molar refractivity (Wildman–Crippen MR) is 176 cm³/mol. The summed E-state index contributed by atoms with van der Waals surface area (Å²) in [5.41, 5.74) is 4.59. The maximum atomic E-state index is 6.40. The first-order valence-electron chi connectivity index (χ1n) is 13.5. The normalized spacial score (nSPS) is 11.4. The van der Waals surface area contributed by atoms with Crippen LogP contribution < -0.4 is 5.19 Å². The van der Waals surface area contributed by atoms with Crippen molar-refractivity contribution in [3.8, 4) is 0 Å². The number of hydrogen-bond acceptors (Lipinski definition) is 1. The highest BCUT2D eigenvalue weighted by molar-refractivity contribution is 6.57. The van der Waals surface area contributed by atoms with Crippen LogP contribution in [0.5, 0.6) is 0 Å². The molecule has 1 aromatic heterocycles. The first-order chi connectivity index (χ1) is 20.1. The summed E-state index contributed by atoms with van der Waals surface area (Å²) in [6, 6.07) is 47.1. The molecular weight excluding hydrogens is 558 g/mol. The summed E-state index contributed by atoms with van der Waals surface area (Å²) in [5, 5.41) is 2.42. The zero-order chi connectivity index (χ0) is 28.5. The Labute approximate surface area is 255 Å². The van der Waals surface area contributed by atoms with E-state index in [1.54, 1.807) is 0 Å². The number of aromatic nitrogens is 2. The molecule has 0 bridgehead atoms. The van der Waals surface area contributed by atoms with Gasteiger partial charge in [-0.15, -0.1) is 0 Å². The molecule has 0 unspecified atom stereocenters. The Morgan fingerprint density at radius 2 is 1.12 bits per heavy atom.